The molecule has 12 heavy (non-hydrogen) atoms. The average Bonchev–Trinajstić information content (AvgIpc) is 2.02. The van der Waals surface area contributed by atoms with E-state index in [9.17, 15) is 8.78 Å². The van der Waals surface area contributed by atoms with Crippen LogP contribution in [0, 0.1) is 0 Å². The Kier molecular flexibility index (Phi) is 9.00. The first-order valence-corrected chi connectivity index (χ1v) is 5.43. The second-order valence-corrected chi connectivity index (χ2v) is 3.77. The summed E-state index contributed by atoms with van der Waals surface area (Å²) in [6, 6.07) is 0. The summed E-state index contributed by atoms with van der Waals surface area (Å²) in [5.41, 5.74) is 0. The van der Waals surface area contributed by atoms with Gasteiger partial charge in [0.1, 0.15) is 0 Å². The maximum absolute atomic E-state index is 11.6. The van der Waals surface area contributed by atoms with Gasteiger partial charge in [-0.05, 0) is 18.6 Å². The normalized spacial score (nSPS) is 11.7. The Labute approximate surface area is 77.4 Å². The van der Waals surface area contributed by atoms with Crippen LogP contribution in [-0.2, 0) is 0 Å². The molecule has 0 bridgehead atoms. The van der Waals surface area contributed by atoms with E-state index in [0.29, 0.717) is 6.42 Å². The van der Waals surface area contributed by atoms with Crippen molar-refractivity contribution in [3.63, 3.8) is 0 Å². The zero-order valence-electron chi connectivity index (χ0n) is 7.43. The van der Waals surface area contributed by atoms with Crippen molar-refractivity contribution < 1.29 is 8.78 Å². The highest BCUT2D eigenvalue weighted by atomic mass is 32.2. The molecule has 0 spiro atoms. The number of thioether (sulfide) groups is 1. The molecule has 0 nitrogen and oxygen atoms in total. The molecule has 0 amide bonds. The van der Waals surface area contributed by atoms with E-state index in [1.807, 2.05) is 17.8 Å². The summed E-state index contributed by atoms with van der Waals surface area (Å²) in [5, 5.41) is 0. The van der Waals surface area contributed by atoms with Crippen LogP contribution in [0.3, 0.4) is 0 Å². The number of unbranched alkanes of at least 4 members (excludes halogenated alkanes) is 1. The SMILES string of the molecule is CCSCC=CCCCC(F)F. The van der Waals surface area contributed by atoms with Crippen molar-refractivity contribution in [2.45, 2.75) is 32.6 Å². The van der Waals surface area contributed by atoms with Gasteiger partial charge in [0, 0.05) is 12.2 Å². The molecule has 72 valence electrons. The average molecular weight is 194 g/mol. The van der Waals surface area contributed by atoms with Crippen LogP contribution in [0.25, 0.3) is 0 Å². The van der Waals surface area contributed by atoms with Gasteiger partial charge >= 0.3 is 0 Å². The first kappa shape index (κ1) is 11.9. The van der Waals surface area contributed by atoms with Crippen molar-refractivity contribution in [3.8, 4) is 0 Å². The summed E-state index contributed by atoms with van der Waals surface area (Å²) in [6.45, 7) is 2.11. The molecule has 0 heterocycles. The number of rotatable bonds is 7. The van der Waals surface area contributed by atoms with E-state index in [0.717, 1.165) is 17.9 Å². The Balaban J connectivity index is 3.03. The number of halogens is 2. The second kappa shape index (κ2) is 9.04. The summed E-state index contributed by atoms with van der Waals surface area (Å²) in [4.78, 5) is 0. The standard InChI is InChI=1S/C9H16F2S/c1-2-12-8-6-4-3-5-7-9(10)11/h4,6,9H,2-3,5,7-8H2,1H3. The fraction of sp³-hybridized carbons (Fsp3) is 0.778. The molecule has 0 rings (SSSR count). The Morgan fingerprint density at radius 3 is 2.67 bits per heavy atom. The van der Waals surface area contributed by atoms with Crippen molar-refractivity contribution in [1.82, 2.24) is 0 Å². The van der Waals surface area contributed by atoms with Crippen LogP contribution in [0.1, 0.15) is 26.2 Å². The molecule has 0 aromatic carbocycles. The smallest absolute Gasteiger partial charge is 0.211 e. The van der Waals surface area contributed by atoms with Gasteiger partial charge in [0.05, 0.1) is 0 Å². The van der Waals surface area contributed by atoms with E-state index >= 15 is 0 Å². The van der Waals surface area contributed by atoms with Crippen LogP contribution in [0.5, 0.6) is 0 Å². The molecule has 0 aliphatic carbocycles. The zero-order chi connectivity index (χ0) is 9.23. The van der Waals surface area contributed by atoms with Crippen molar-refractivity contribution in [2.24, 2.45) is 0 Å². The molecular weight excluding hydrogens is 178 g/mol. The third kappa shape index (κ3) is 9.95. The fourth-order valence-electron chi connectivity index (χ4n) is 0.762. The van der Waals surface area contributed by atoms with Gasteiger partial charge in [0.2, 0.25) is 6.43 Å². The van der Waals surface area contributed by atoms with Crippen LogP contribution >= 0.6 is 11.8 Å². The molecule has 0 aliphatic heterocycles. The van der Waals surface area contributed by atoms with Crippen LogP contribution in [-0.4, -0.2) is 17.9 Å². The molecule has 0 saturated heterocycles. The molecule has 0 N–H and O–H groups in total. The van der Waals surface area contributed by atoms with E-state index in [2.05, 4.69) is 13.0 Å². The fourth-order valence-corrected chi connectivity index (χ4v) is 1.27. The van der Waals surface area contributed by atoms with Gasteiger partial charge in [-0.3, -0.25) is 0 Å². The molecule has 0 aromatic rings. The summed E-state index contributed by atoms with van der Waals surface area (Å²) in [6.07, 6.45) is 3.33. The first-order valence-electron chi connectivity index (χ1n) is 4.28. The molecular formula is C9H16F2S. The minimum atomic E-state index is -2.14. The molecule has 3 heteroatoms. The van der Waals surface area contributed by atoms with Gasteiger partial charge in [-0.25, -0.2) is 8.78 Å². The van der Waals surface area contributed by atoms with Gasteiger partial charge in [0.15, 0.2) is 0 Å². The van der Waals surface area contributed by atoms with Crippen LogP contribution in [0.4, 0.5) is 8.78 Å². The minimum Gasteiger partial charge on any atom is -0.211 e. The lowest BCUT2D eigenvalue weighted by atomic mass is 10.2. The van der Waals surface area contributed by atoms with Crippen molar-refractivity contribution in [1.29, 1.82) is 0 Å². The Morgan fingerprint density at radius 2 is 2.08 bits per heavy atom. The number of hydrogen-bond donors (Lipinski definition) is 0. The van der Waals surface area contributed by atoms with Gasteiger partial charge in [-0.15, -0.1) is 0 Å². The number of hydrogen-bond acceptors (Lipinski definition) is 1. The topological polar surface area (TPSA) is 0 Å². The number of allylic oxidation sites excluding steroid dienone is 1. The largest absolute Gasteiger partial charge is 0.238 e. The predicted molar refractivity (Wildman–Crippen MR) is 52.0 cm³/mol. The van der Waals surface area contributed by atoms with E-state index in [-0.39, 0.29) is 6.42 Å². The molecule has 0 atom stereocenters. The van der Waals surface area contributed by atoms with E-state index < -0.39 is 6.43 Å². The zero-order valence-corrected chi connectivity index (χ0v) is 8.25. The lowest BCUT2D eigenvalue weighted by Crippen LogP contribution is -1.88. The Bertz CT molecular complexity index is 113. The predicted octanol–water partition coefficient (Wildman–Crippen LogP) is 3.73. The molecule has 0 saturated carbocycles. The highest BCUT2D eigenvalue weighted by molar-refractivity contribution is 7.99. The molecule has 0 fully saturated rings. The van der Waals surface area contributed by atoms with Crippen LogP contribution in [0.2, 0.25) is 0 Å². The van der Waals surface area contributed by atoms with Gasteiger partial charge in [-0.1, -0.05) is 19.1 Å². The molecule has 0 aromatic heterocycles. The quantitative estimate of drug-likeness (QED) is 0.439. The van der Waals surface area contributed by atoms with Crippen LogP contribution < -0.4 is 0 Å². The molecule has 0 unspecified atom stereocenters. The van der Waals surface area contributed by atoms with Crippen LogP contribution in [0.15, 0.2) is 12.2 Å². The summed E-state index contributed by atoms with van der Waals surface area (Å²) in [5.74, 6) is 2.12. The molecule has 0 radical (unpaired) electrons. The molecule has 0 aliphatic rings. The third-order valence-electron chi connectivity index (χ3n) is 1.38. The summed E-state index contributed by atoms with van der Waals surface area (Å²) in [7, 11) is 0. The number of alkyl halides is 2. The highest BCUT2D eigenvalue weighted by Gasteiger charge is 1.98. The van der Waals surface area contributed by atoms with E-state index in [1.165, 1.54) is 0 Å². The Hall–Kier alpha value is -0.0500. The van der Waals surface area contributed by atoms with Gasteiger partial charge < -0.3 is 0 Å². The summed E-state index contributed by atoms with van der Waals surface area (Å²) >= 11 is 1.84. The minimum absolute atomic E-state index is 0.0330. The summed E-state index contributed by atoms with van der Waals surface area (Å²) < 4.78 is 23.3. The lowest BCUT2D eigenvalue weighted by Gasteiger charge is -1.94. The van der Waals surface area contributed by atoms with Crippen molar-refractivity contribution in [3.05, 3.63) is 12.2 Å². The monoisotopic (exact) mass is 194 g/mol. The lowest BCUT2D eigenvalue weighted by molar-refractivity contribution is 0.135. The van der Waals surface area contributed by atoms with Crippen molar-refractivity contribution in [2.75, 3.05) is 11.5 Å². The maximum Gasteiger partial charge on any atom is 0.238 e. The first-order chi connectivity index (χ1) is 5.77. The Morgan fingerprint density at radius 1 is 1.33 bits per heavy atom. The van der Waals surface area contributed by atoms with E-state index in [1.54, 1.807) is 0 Å². The van der Waals surface area contributed by atoms with Gasteiger partial charge in [-0.2, -0.15) is 11.8 Å². The van der Waals surface area contributed by atoms with Gasteiger partial charge in [0.25, 0.3) is 0 Å². The second-order valence-electron chi connectivity index (χ2n) is 2.45. The van der Waals surface area contributed by atoms with E-state index in [4.69, 9.17) is 0 Å². The van der Waals surface area contributed by atoms with Crippen molar-refractivity contribution >= 4 is 11.8 Å². The third-order valence-corrected chi connectivity index (χ3v) is 2.21. The highest BCUT2D eigenvalue weighted by Crippen LogP contribution is 2.06. The maximum atomic E-state index is 11.6.